The van der Waals surface area contributed by atoms with Crippen LogP contribution in [-0.2, 0) is 0 Å². The molecular weight excluding hydrogens is 307 g/mol. The van der Waals surface area contributed by atoms with E-state index in [9.17, 15) is 13.2 Å². The molecule has 1 aromatic carbocycles. The van der Waals surface area contributed by atoms with Gasteiger partial charge in [0.15, 0.2) is 0 Å². The first-order chi connectivity index (χ1) is 11.0. The minimum absolute atomic E-state index is 0.108. The van der Waals surface area contributed by atoms with Crippen LogP contribution in [0, 0.1) is 11.3 Å². The molecule has 7 heteroatoms. The van der Waals surface area contributed by atoms with Gasteiger partial charge in [-0.1, -0.05) is 12.8 Å². The maximum Gasteiger partial charge on any atom is 0.573 e. The molecule has 1 aromatic heterocycles. The molecular formula is C16H14F3N3O. The lowest BCUT2D eigenvalue weighted by Gasteiger charge is -2.13. The molecule has 2 aromatic rings. The first-order valence-corrected chi connectivity index (χ1v) is 7.31. The van der Waals surface area contributed by atoms with Crippen molar-refractivity contribution in [3.63, 3.8) is 0 Å². The minimum atomic E-state index is -4.82. The molecule has 120 valence electrons. The van der Waals surface area contributed by atoms with Gasteiger partial charge in [-0.25, -0.2) is 0 Å². The van der Waals surface area contributed by atoms with Crippen molar-refractivity contribution in [3.8, 4) is 22.9 Å². The summed E-state index contributed by atoms with van der Waals surface area (Å²) in [5.41, 5.74) is 0.919. The van der Waals surface area contributed by atoms with Gasteiger partial charge in [-0.3, -0.25) is 4.68 Å². The molecule has 1 heterocycles. The molecule has 0 amide bonds. The van der Waals surface area contributed by atoms with E-state index in [2.05, 4.69) is 9.84 Å². The summed E-state index contributed by atoms with van der Waals surface area (Å²) in [6, 6.07) is 6.12. The highest BCUT2D eigenvalue weighted by molar-refractivity contribution is 5.70. The molecule has 1 fully saturated rings. The second-order valence-electron chi connectivity index (χ2n) is 5.52. The van der Waals surface area contributed by atoms with Crippen molar-refractivity contribution in [1.82, 2.24) is 9.78 Å². The van der Waals surface area contributed by atoms with Gasteiger partial charge in [0.2, 0.25) is 0 Å². The molecule has 3 rings (SSSR count). The average molecular weight is 321 g/mol. The van der Waals surface area contributed by atoms with Crippen molar-refractivity contribution in [1.29, 1.82) is 5.26 Å². The van der Waals surface area contributed by atoms with E-state index in [1.807, 2.05) is 6.07 Å². The van der Waals surface area contributed by atoms with Gasteiger partial charge in [-0.2, -0.15) is 10.4 Å². The number of nitriles is 1. The molecule has 0 unspecified atom stereocenters. The van der Waals surface area contributed by atoms with Gasteiger partial charge in [-0.05, 0) is 31.0 Å². The lowest BCUT2D eigenvalue weighted by Crippen LogP contribution is -2.17. The summed E-state index contributed by atoms with van der Waals surface area (Å²) in [5, 5.41) is 13.1. The Bertz CT molecular complexity index is 740. The van der Waals surface area contributed by atoms with E-state index in [-0.39, 0.29) is 16.9 Å². The van der Waals surface area contributed by atoms with Gasteiger partial charge in [0.05, 0.1) is 23.9 Å². The number of aromatic nitrogens is 2. The number of benzene rings is 1. The van der Waals surface area contributed by atoms with Crippen LogP contribution in [0.15, 0.2) is 30.6 Å². The van der Waals surface area contributed by atoms with Gasteiger partial charge in [0, 0.05) is 17.3 Å². The number of rotatable bonds is 3. The molecule has 0 radical (unpaired) electrons. The summed E-state index contributed by atoms with van der Waals surface area (Å²) in [5.74, 6) is -0.387. The molecule has 0 saturated heterocycles. The summed E-state index contributed by atoms with van der Waals surface area (Å²) in [4.78, 5) is 0. The molecule has 0 spiro atoms. The molecule has 1 saturated carbocycles. The number of hydrogen-bond donors (Lipinski definition) is 0. The smallest absolute Gasteiger partial charge is 0.405 e. The van der Waals surface area contributed by atoms with Crippen LogP contribution in [0.1, 0.15) is 37.3 Å². The fraction of sp³-hybridized carbons (Fsp3) is 0.375. The van der Waals surface area contributed by atoms with Crippen LogP contribution in [-0.4, -0.2) is 16.1 Å². The Morgan fingerprint density at radius 3 is 2.65 bits per heavy atom. The SMILES string of the molecule is N#Cc1ccc(-c2cnn(C3CCCC3)c2)c(OC(F)(F)F)c1. The van der Waals surface area contributed by atoms with Crippen LogP contribution in [0.3, 0.4) is 0 Å². The summed E-state index contributed by atoms with van der Waals surface area (Å²) in [6.07, 6.45) is 2.78. The third-order valence-corrected chi connectivity index (χ3v) is 3.95. The van der Waals surface area contributed by atoms with Crippen LogP contribution >= 0.6 is 0 Å². The second-order valence-corrected chi connectivity index (χ2v) is 5.52. The van der Waals surface area contributed by atoms with E-state index < -0.39 is 6.36 Å². The standard InChI is InChI=1S/C16H14F3N3O/c17-16(18,19)23-15-7-11(8-20)5-6-14(15)12-9-21-22(10-12)13-3-1-2-4-13/h5-7,9-10,13H,1-4H2. The molecule has 1 aliphatic carbocycles. The highest BCUT2D eigenvalue weighted by Gasteiger charge is 2.32. The third-order valence-electron chi connectivity index (χ3n) is 3.95. The average Bonchev–Trinajstić information content (AvgIpc) is 3.16. The number of hydrogen-bond acceptors (Lipinski definition) is 3. The molecule has 0 N–H and O–H groups in total. The van der Waals surface area contributed by atoms with E-state index in [0.717, 1.165) is 31.7 Å². The predicted octanol–water partition coefficient (Wildman–Crippen LogP) is 4.44. The van der Waals surface area contributed by atoms with E-state index in [4.69, 9.17) is 5.26 Å². The minimum Gasteiger partial charge on any atom is -0.405 e. The van der Waals surface area contributed by atoms with E-state index in [1.165, 1.54) is 18.3 Å². The summed E-state index contributed by atoms with van der Waals surface area (Å²) in [6.45, 7) is 0. The van der Waals surface area contributed by atoms with Crippen molar-refractivity contribution in [2.45, 2.75) is 38.1 Å². The number of halogens is 3. The van der Waals surface area contributed by atoms with E-state index >= 15 is 0 Å². The largest absolute Gasteiger partial charge is 0.573 e. The topological polar surface area (TPSA) is 50.8 Å². The Hall–Kier alpha value is -2.49. The fourth-order valence-corrected chi connectivity index (χ4v) is 2.89. The lowest BCUT2D eigenvalue weighted by molar-refractivity contribution is -0.274. The maximum atomic E-state index is 12.6. The van der Waals surface area contributed by atoms with Gasteiger partial charge >= 0.3 is 6.36 Å². The Labute approximate surface area is 131 Å². The quantitative estimate of drug-likeness (QED) is 0.840. The number of alkyl halides is 3. The first-order valence-electron chi connectivity index (χ1n) is 7.31. The summed E-state index contributed by atoms with van der Waals surface area (Å²) < 4.78 is 43.7. The Morgan fingerprint density at radius 1 is 1.26 bits per heavy atom. The van der Waals surface area contributed by atoms with Crippen molar-refractivity contribution >= 4 is 0 Å². The molecule has 0 bridgehead atoms. The maximum absolute atomic E-state index is 12.6. The zero-order valence-corrected chi connectivity index (χ0v) is 12.2. The van der Waals surface area contributed by atoms with Crippen molar-refractivity contribution < 1.29 is 17.9 Å². The zero-order chi connectivity index (χ0) is 16.4. The highest BCUT2D eigenvalue weighted by atomic mass is 19.4. The second kappa shape index (κ2) is 5.95. The van der Waals surface area contributed by atoms with Crippen molar-refractivity contribution in [2.75, 3.05) is 0 Å². The van der Waals surface area contributed by atoms with Gasteiger partial charge < -0.3 is 4.74 Å². The molecule has 4 nitrogen and oxygen atoms in total. The van der Waals surface area contributed by atoms with E-state index in [0.29, 0.717) is 11.6 Å². The monoisotopic (exact) mass is 321 g/mol. The molecule has 23 heavy (non-hydrogen) atoms. The fourth-order valence-electron chi connectivity index (χ4n) is 2.89. The summed E-state index contributed by atoms with van der Waals surface area (Å²) >= 11 is 0. The summed E-state index contributed by atoms with van der Waals surface area (Å²) in [7, 11) is 0. The normalized spacial score (nSPS) is 15.6. The van der Waals surface area contributed by atoms with Crippen LogP contribution in [0.4, 0.5) is 13.2 Å². The lowest BCUT2D eigenvalue weighted by atomic mass is 10.1. The van der Waals surface area contributed by atoms with E-state index in [1.54, 1.807) is 10.9 Å². The van der Waals surface area contributed by atoms with Crippen molar-refractivity contribution in [3.05, 3.63) is 36.2 Å². The van der Waals surface area contributed by atoms with Crippen LogP contribution < -0.4 is 4.74 Å². The molecule has 1 aliphatic rings. The molecule has 0 atom stereocenters. The predicted molar refractivity (Wildman–Crippen MR) is 76.6 cm³/mol. The van der Waals surface area contributed by atoms with Gasteiger partial charge in [0.25, 0.3) is 0 Å². The Morgan fingerprint density at radius 2 is 2.00 bits per heavy atom. The number of ether oxygens (including phenoxy) is 1. The highest BCUT2D eigenvalue weighted by Crippen LogP contribution is 2.36. The molecule has 0 aliphatic heterocycles. The number of nitrogens with zero attached hydrogens (tertiary/aromatic N) is 3. The van der Waals surface area contributed by atoms with Crippen molar-refractivity contribution in [2.24, 2.45) is 0 Å². The van der Waals surface area contributed by atoms with Crippen LogP contribution in [0.5, 0.6) is 5.75 Å². The Balaban J connectivity index is 1.96. The van der Waals surface area contributed by atoms with Gasteiger partial charge in [-0.15, -0.1) is 13.2 Å². The van der Waals surface area contributed by atoms with Gasteiger partial charge in [0.1, 0.15) is 5.75 Å². The van der Waals surface area contributed by atoms with Crippen LogP contribution in [0.25, 0.3) is 11.1 Å². The zero-order valence-electron chi connectivity index (χ0n) is 12.2. The third kappa shape index (κ3) is 3.47. The van der Waals surface area contributed by atoms with Crippen LogP contribution in [0.2, 0.25) is 0 Å². The first kappa shape index (κ1) is 15.4. The Kier molecular flexibility index (Phi) is 3.99.